The van der Waals surface area contributed by atoms with Crippen LogP contribution in [0, 0.1) is 27.7 Å². The van der Waals surface area contributed by atoms with Gasteiger partial charge in [-0.2, -0.15) is 0 Å². The maximum atomic E-state index is 11.2. The molecule has 0 bridgehead atoms. The van der Waals surface area contributed by atoms with Gasteiger partial charge in [0.1, 0.15) is 0 Å². The lowest BCUT2D eigenvalue weighted by Gasteiger charge is -2.14. The van der Waals surface area contributed by atoms with Crippen LogP contribution in [-0.4, -0.2) is 6.29 Å². The van der Waals surface area contributed by atoms with Gasteiger partial charge in [-0.25, -0.2) is 0 Å². The first-order valence-corrected chi connectivity index (χ1v) is 6.17. The fraction of sp³-hybridized carbons (Fsp3) is 0.235. The predicted molar refractivity (Wildman–Crippen MR) is 76.2 cm³/mol. The summed E-state index contributed by atoms with van der Waals surface area (Å²) in [6.07, 6.45) is 0.938. The molecule has 0 N–H and O–H groups in total. The molecule has 0 radical (unpaired) electrons. The minimum Gasteiger partial charge on any atom is -0.298 e. The maximum Gasteiger partial charge on any atom is 0.150 e. The average molecular weight is 238 g/mol. The molecule has 18 heavy (non-hydrogen) atoms. The smallest absolute Gasteiger partial charge is 0.150 e. The van der Waals surface area contributed by atoms with Gasteiger partial charge in [-0.1, -0.05) is 41.5 Å². The van der Waals surface area contributed by atoms with Gasteiger partial charge in [0.2, 0.25) is 0 Å². The minimum atomic E-state index is 0.760. The summed E-state index contributed by atoms with van der Waals surface area (Å²) in [5.74, 6) is 0. The van der Waals surface area contributed by atoms with Gasteiger partial charge in [-0.3, -0.25) is 4.79 Å². The third kappa shape index (κ3) is 2.21. The fourth-order valence-electron chi connectivity index (χ4n) is 2.59. The number of hydrogen-bond donors (Lipinski definition) is 0. The monoisotopic (exact) mass is 238 g/mol. The van der Waals surface area contributed by atoms with E-state index in [1.807, 2.05) is 12.1 Å². The highest BCUT2D eigenvalue weighted by Crippen LogP contribution is 2.31. The van der Waals surface area contributed by atoms with Gasteiger partial charge in [0, 0.05) is 5.56 Å². The number of carbonyl (C=O) groups is 1. The van der Waals surface area contributed by atoms with E-state index in [9.17, 15) is 4.79 Å². The van der Waals surface area contributed by atoms with Crippen molar-refractivity contribution in [1.82, 2.24) is 0 Å². The summed E-state index contributed by atoms with van der Waals surface area (Å²) in [7, 11) is 0. The van der Waals surface area contributed by atoms with Gasteiger partial charge < -0.3 is 0 Å². The van der Waals surface area contributed by atoms with E-state index < -0.39 is 0 Å². The second-order valence-electron chi connectivity index (χ2n) is 4.98. The molecule has 0 saturated heterocycles. The Labute approximate surface area is 108 Å². The van der Waals surface area contributed by atoms with Crippen molar-refractivity contribution in [2.75, 3.05) is 0 Å². The average Bonchev–Trinajstić information content (AvgIpc) is 2.28. The van der Waals surface area contributed by atoms with E-state index in [2.05, 4.69) is 45.9 Å². The summed E-state index contributed by atoms with van der Waals surface area (Å²) < 4.78 is 0. The van der Waals surface area contributed by atoms with E-state index in [0.717, 1.165) is 17.4 Å². The number of aryl methyl sites for hydroxylation is 4. The van der Waals surface area contributed by atoms with Crippen LogP contribution in [0.2, 0.25) is 0 Å². The third-order valence-corrected chi connectivity index (χ3v) is 3.28. The Morgan fingerprint density at radius 2 is 1.44 bits per heavy atom. The first-order chi connectivity index (χ1) is 8.52. The SMILES string of the molecule is Cc1cc(C)c(-c2cc(C)ccc2C=O)c(C)c1. The summed E-state index contributed by atoms with van der Waals surface area (Å²) in [4.78, 5) is 11.2. The molecule has 2 rings (SSSR count). The molecular weight excluding hydrogens is 220 g/mol. The van der Waals surface area contributed by atoms with Gasteiger partial charge in [-0.05, 0) is 49.9 Å². The molecule has 0 saturated carbocycles. The predicted octanol–water partition coefficient (Wildman–Crippen LogP) is 4.40. The van der Waals surface area contributed by atoms with E-state index in [4.69, 9.17) is 0 Å². The van der Waals surface area contributed by atoms with Crippen LogP contribution in [0.5, 0.6) is 0 Å². The molecule has 0 spiro atoms. The topological polar surface area (TPSA) is 17.1 Å². The maximum absolute atomic E-state index is 11.2. The Morgan fingerprint density at radius 3 is 2.00 bits per heavy atom. The lowest BCUT2D eigenvalue weighted by Crippen LogP contribution is -1.95. The lowest BCUT2D eigenvalue weighted by atomic mass is 9.90. The molecule has 1 heteroatoms. The molecule has 0 unspecified atom stereocenters. The van der Waals surface area contributed by atoms with Crippen molar-refractivity contribution in [3.05, 3.63) is 58.1 Å². The van der Waals surface area contributed by atoms with E-state index in [-0.39, 0.29) is 0 Å². The fourth-order valence-corrected chi connectivity index (χ4v) is 2.59. The zero-order valence-corrected chi connectivity index (χ0v) is 11.4. The van der Waals surface area contributed by atoms with Crippen molar-refractivity contribution in [3.8, 4) is 11.1 Å². The standard InChI is InChI=1S/C17H18O/c1-11-5-6-15(10-18)16(9-11)17-13(3)7-12(2)8-14(17)4/h5-10H,1-4H3. The Kier molecular flexibility index (Phi) is 3.33. The Hall–Kier alpha value is -1.89. The molecule has 0 amide bonds. The Morgan fingerprint density at radius 1 is 0.833 bits per heavy atom. The molecule has 0 aromatic heterocycles. The zero-order chi connectivity index (χ0) is 13.3. The highest BCUT2D eigenvalue weighted by molar-refractivity contribution is 5.89. The van der Waals surface area contributed by atoms with Crippen molar-refractivity contribution >= 4 is 6.29 Å². The second-order valence-corrected chi connectivity index (χ2v) is 4.98. The van der Waals surface area contributed by atoms with Gasteiger partial charge in [0.05, 0.1) is 0 Å². The summed E-state index contributed by atoms with van der Waals surface area (Å²) in [6, 6.07) is 10.3. The van der Waals surface area contributed by atoms with Crippen LogP contribution in [0.25, 0.3) is 11.1 Å². The molecule has 1 nitrogen and oxygen atoms in total. The van der Waals surface area contributed by atoms with E-state index in [1.54, 1.807) is 0 Å². The second kappa shape index (κ2) is 4.77. The van der Waals surface area contributed by atoms with Gasteiger partial charge in [0.25, 0.3) is 0 Å². The van der Waals surface area contributed by atoms with E-state index in [1.165, 1.54) is 27.8 Å². The van der Waals surface area contributed by atoms with Crippen molar-refractivity contribution in [2.24, 2.45) is 0 Å². The van der Waals surface area contributed by atoms with Crippen LogP contribution in [0.1, 0.15) is 32.6 Å². The van der Waals surface area contributed by atoms with Crippen LogP contribution in [0.3, 0.4) is 0 Å². The third-order valence-electron chi connectivity index (χ3n) is 3.28. The first kappa shape index (κ1) is 12.6. The molecule has 0 aliphatic rings. The lowest BCUT2D eigenvalue weighted by molar-refractivity contribution is 0.112. The van der Waals surface area contributed by atoms with E-state index >= 15 is 0 Å². The quantitative estimate of drug-likeness (QED) is 0.709. The summed E-state index contributed by atoms with van der Waals surface area (Å²) >= 11 is 0. The molecule has 2 aromatic rings. The highest BCUT2D eigenvalue weighted by atomic mass is 16.1. The van der Waals surface area contributed by atoms with Crippen LogP contribution in [-0.2, 0) is 0 Å². The van der Waals surface area contributed by atoms with Crippen molar-refractivity contribution in [3.63, 3.8) is 0 Å². The summed E-state index contributed by atoms with van der Waals surface area (Å²) in [5.41, 5.74) is 7.87. The van der Waals surface area contributed by atoms with Gasteiger partial charge in [0.15, 0.2) is 6.29 Å². The van der Waals surface area contributed by atoms with Crippen LogP contribution >= 0.6 is 0 Å². The van der Waals surface area contributed by atoms with Gasteiger partial charge in [-0.15, -0.1) is 0 Å². The highest BCUT2D eigenvalue weighted by Gasteiger charge is 2.10. The summed E-state index contributed by atoms with van der Waals surface area (Å²) in [5, 5.41) is 0. The number of benzene rings is 2. The molecule has 2 aromatic carbocycles. The van der Waals surface area contributed by atoms with Crippen molar-refractivity contribution < 1.29 is 4.79 Å². The minimum absolute atomic E-state index is 0.760. The van der Waals surface area contributed by atoms with E-state index in [0.29, 0.717) is 0 Å². The van der Waals surface area contributed by atoms with Crippen LogP contribution in [0.4, 0.5) is 0 Å². The van der Waals surface area contributed by atoms with Gasteiger partial charge >= 0.3 is 0 Å². The van der Waals surface area contributed by atoms with Crippen LogP contribution < -0.4 is 0 Å². The molecular formula is C17H18O. The number of carbonyl (C=O) groups excluding carboxylic acids is 1. The number of rotatable bonds is 2. The normalized spacial score (nSPS) is 10.4. The molecule has 0 aliphatic carbocycles. The molecule has 0 fully saturated rings. The first-order valence-electron chi connectivity index (χ1n) is 6.17. The number of aldehydes is 1. The number of hydrogen-bond acceptors (Lipinski definition) is 1. The zero-order valence-electron chi connectivity index (χ0n) is 11.4. The Bertz CT molecular complexity index is 586. The Balaban J connectivity index is 2.76. The van der Waals surface area contributed by atoms with Crippen molar-refractivity contribution in [1.29, 1.82) is 0 Å². The molecule has 92 valence electrons. The summed E-state index contributed by atoms with van der Waals surface area (Å²) in [6.45, 7) is 8.36. The largest absolute Gasteiger partial charge is 0.298 e. The van der Waals surface area contributed by atoms with Crippen molar-refractivity contribution in [2.45, 2.75) is 27.7 Å². The molecule has 0 atom stereocenters. The molecule has 0 aliphatic heterocycles. The molecule has 0 heterocycles. The van der Waals surface area contributed by atoms with Crippen LogP contribution in [0.15, 0.2) is 30.3 Å².